The van der Waals surface area contributed by atoms with Gasteiger partial charge in [0.1, 0.15) is 8.07 Å². The van der Waals surface area contributed by atoms with Gasteiger partial charge in [0.05, 0.1) is 0 Å². The standard InChI is InChI=1S/C18H24OSi/c1-8-18(19,17(2,3)4)16-12-10-9-11-15(16)13-14-20(5,6)7/h1,9-12,19H,2-7H3. The van der Waals surface area contributed by atoms with E-state index in [1.54, 1.807) is 0 Å². The first kappa shape index (κ1) is 16.6. The van der Waals surface area contributed by atoms with E-state index in [1.165, 1.54) is 0 Å². The lowest BCUT2D eigenvalue weighted by atomic mass is 9.71. The Kier molecular flexibility index (Phi) is 4.54. The molecule has 1 aromatic rings. The quantitative estimate of drug-likeness (QED) is 0.614. The lowest BCUT2D eigenvalue weighted by molar-refractivity contribution is -0.00906. The molecule has 1 unspecified atom stereocenters. The number of hydrogen-bond donors (Lipinski definition) is 1. The van der Waals surface area contributed by atoms with Gasteiger partial charge in [-0.1, -0.05) is 70.5 Å². The Morgan fingerprint density at radius 3 is 2.10 bits per heavy atom. The number of aliphatic hydroxyl groups is 1. The molecule has 0 aromatic heterocycles. The highest BCUT2D eigenvalue weighted by Gasteiger charge is 2.41. The number of benzene rings is 1. The second-order valence-corrected chi connectivity index (χ2v) is 11.9. The van der Waals surface area contributed by atoms with Gasteiger partial charge in [0.2, 0.25) is 0 Å². The summed E-state index contributed by atoms with van der Waals surface area (Å²) in [4.78, 5) is 0. The minimum Gasteiger partial charge on any atom is -0.373 e. The highest BCUT2D eigenvalue weighted by atomic mass is 28.3. The summed E-state index contributed by atoms with van der Waals surface area (Å²) in [6.45, 7) is 12.4. The minimum atomic E-state index is -1.47. The summed E-state index contributed by atoms with van der Waals surface area (Å²) in [5, 5.41) is 10.9. The zero-order chi connectivity index (χ0) is 15.6. The molecular formula is C18H24OSi. The molecule has 0 bridgehead atoms. The summed E-state index contributed by atoms with van der Waals surface area (Å²) in [5.41, 5.74) is 3.10. The van der Waals surface area contributed by atoms with Crippen LogP contribution in [0.4, 0.5) is 0 Å². The van der Waals surface area contributed by atoms with Gasteiger partial charge in [-0.2, -0.15) is 0 Å². The van der Waals surface area contributed by atoms with Crippen molar-refractivity contribution in [3.8, 4) is 23.8 Å². The van der Waals surface area contributed by atoms with E-state index in [2.05, 4.69) is 37.0 Å². The molecule has 0 aliphatic heterocycles. The van der Waals surface area contributed by atoms with Gasteiger partial charge in [-0.05, 0) is 6.07 Å². The molecule has 20 heavy (non-hydrogen) atoms. The van der Waals surface area contributed by atoms with Crippen molar-refractivity contribution in [1.82, 2.24) is 0 Å². The number of rotatable bonds is 1. The fourth-order valence-corrected chi connectivity index (χ4v) is 2.37. The van der Waals surface area contributed by atoms with Gasteiger partial charge in [0.15, 0.2) is 5.60 Å². The fraction of sp³-hybridized carbons (Fsp3) is 0.444. The zero-order valence-corrected chi connectivity index (χ0v) is 14.3. The lowest BCUT2D eigenvalue weighted by Crippen LogP contribution is -2.39. The van der Waals surface area contributed by atoms with Gasteiger partial charge >= 0.3 is 0 Å². The van der Waals surface area contributed by atoms with E-state index in [0.717, 1.165) is 11.1 Å². The van der Waals surface area contributed by atoms with Crippen molar-refractivity contribution >= 4 is 8.07 Å². The summed E-state index contributed by atoms with van der Waals surface area (Å²) in [6.07, 6.45) is 5.64. The Morgan fingerprint density at radius 2 is 1.65 bits per heavy atom. The lowest BCUT2D eigenvalue weighted by Gasteiger charge is -2.37. The molecule has 1 N–H and O–H groups in total. The normalized spacial score (nSPS) is 14.7. The average Bonchev–Trinajstić information content (AvgIpc) is 2.33. The van der Waals surface area contributed by atoms with Crippen molar-refractivity contribution in [2.45, 2.75) is 46.0 Å². The van der Waals surface area contributed by atoms with Crippen LogP contribution >= 0.6 is 0 Å². The van der Waals surface area contributed by atoms with Crippen LogP contribution in [-0.2, 0) is 5.60 Å². The SMILES string of the molecule is C#CC(O)(c1ccccc1C#C[Si](C)(C)C)C(C)(C)C. The Bertz CT molecular complexity index is 585. The molecule has 1 nitrogen and oxygen atoms in total. The van der Waals surface area contributed by atoms with Crippen molar-refractivity contribution in [2.24, 2.45) is 5.41 Å². The molecule has 0 aliphatic carbocycles. The van der Waals surface area contributed by atoms with Crippen LogP contribution in [0.5, 0.6) is 0 Å². The average molecular weight is 284 g/mol. The third-order valence-corrected chi connectivity index (χ3v) is 4.06. The van der Waals surface area contributed by atoms with Gasteiger partial charge in [-0.3, -0.25) is 0 Å². The van der Waals surface area contributed by atoms with Gasteiger partial charge in [-0.15, -0.1) is 12.0 Å². The van der Waals surface area contributed by atoms with Crippen LogP contribution in [0.1, 0.15) is 31.9 Å². The molecule has 0 heterocycles. The van der Waals surface area contributed by atoms with Crippen LogP contribution in [0.25, 0.3) is 0 Å². The van der Waals surface area contributed by atoms with Crippen molar-refractivity contribution < 1.29 is 5.11 Å². The Balaban J connectivity index is 3.48. The number of hydrogen-bond acceptors (Lipinski definition) is 1. The highest BCUT2D eigenvalue weighted by Crippen LogP contribution is 2.40. The van der Waals surface area contributed by atoms with Crippen LogP contribution in [0, 0.1) is 29.2 Å². The van der Waals surface area contributed by atoms with Crippen LogP contribution in [-0.4, -0.2) is 13.2 Å². The van der Waals surface area contributed by atoms with E-state index >= 15 is 0 Å². The summed E-state index contributed by atoms with van der Waals surface area (Å²) >= 11 is 0. The Morgan fingerprint density at radius 1 is 1.10 bits per heavy atom. The molecule has 0 aliphatic rings. The molecular weight excluding hydrogens is 260 g/mol. The van der Waals surface area contributed by atoms with E-state index in [4.69, 9.17) is 6.42 Å². The summed E-state index contributed by atoms with van der Waals surface area (Å²) in [5.74, 6) is 5.79. The molecule has 1 rings (SSSR count). The minimum absolute atomic E-state index is 0.460. The molecule has 0 amide bonds. The third-order valence-electron chi connectivity index (χ3n) is 3.18. The summed E-state index contributed by atoms with van der Waals surface area (Å²) in [6, 6.07) is 7.62. The maximum Gasteiger partial charge on any atom is 0.156 e. The maximum absolute atomic E-state index is 10.9. The van der Waals surface area contributed by atoms with Crippen molar-refractivity contribution in [1.29, 1.82) is 0 Å². The van der Waals surface area contributed by atoms with E-state index in [1.807, 2.05) is 45.0 Å². The second kappa shape index (κ2) is 5.48. The largest absolute Gasteiger partial charge is 0.373 e. The van der Waals surface area contributed by atoms with Crippen molar-refractivity contribution in [2.75, 3.05) is 0 Å². The van der Waals surface area contributed by atoms with Gasteiger partial charge in [0, 0.05) is 16.5 Å². The van der Waals surface area contributed by atoms with E-state index in [9.17, 15) is 5.11 Å². The van der Waals surface area contributed by atoms with Crippen LogP contribution < -0.4 is 0 Å². The summed E-state index contributed by atoms with van der Waals surface area (Å²) < 4.78 is 0. The maximum atomic E-state index is 10.9. The third kappa shape index (κ3) is 3.54. The van der Waals surface area contributed by atoms with E-state index < -0.39 is 19.1 Å². The van der Waals surface area contributed by atoms with Crippen LogP contribution in [0.15, 0.2) is 24.3 Å². The molecule has 0 saturated carbocycles. The number of terminal acetylenes is 1. The first-order valence-electron chi connectivity index (χ1n) is 6.84. The first-order valence-corrected chi connectivity index (χ1v) is 10.3. The van der Waals surface area contributed by atoms with Crippen molar-refractivity contribution in [3.63, 3.8) is 0 Å². The Labute approximate surface area is 124 Å². The fourth-order valence-electron chi connectivity index (χ4n) is 1.86. The first-order chi connectivity index (χ1) is 9.01. The van der Waals surface area contributed by atoms with Crippen LogP contribution in [0.3, 0.4) is 0 Å². The monoisotopic (exact) mass is 284 g/mol. The predicted octanol–water partition coefficient (Wildman–Crippen LogP) is 3.78. The molecule has 0 spiro atoms. The molecule has 1 aromatic carbocycles. The predicted molar refractivity (Wildman–Crippen MR) is 88.9 cm³/mol. The molecule has 0 saturated heterocycles. The van der Waals surface area contributed by atoms with E-state index in [-0.39, 0.29) is 0 Å². The Hall–Kier alpha value is -1.48. The van der Waals surface area contributed by atoms with E-state index in [0.29, 0.717) is 0 Å². The zero-order valence-electron chi connectivity index (χ0n) is 13.3. The molecule has 0 radical (unpaired) electrons. The van der Waals surface area contributed by atoms with Crippen LogP contribution in [0.2, 0.25) is 19.6 Å². The van der Waals surface area contributed by atoms with Crippen molar-refractivity contribution in [3.05, 3.63) is 35.4 Å². The second-order valence-electron chi connectivity index (χ2n) is 7.15. The molecule has 0 fully saturated rings. The highest BCUT2D eigenvalue weighted by molar-refractivity contribution is 6.83. The molecule has 106 valence electrons. The molecule has 2 heteroatoms. The van der Waals surface area contributed by atoms with Gasteiger partial charge < -0.3 is 5.11 Å². The summed E-state index contributed by atoms with van der Waals surface area (Å²) in [7, 11) is -1.47. The topological polar surface area (TPSA) is 20.2 Å². The smallest absolute Gasteiger partial charge is 0.156 e. The van der Waals surface area contributed by atoms with Gasteiger partial charge in [-0.25, -0.2) is 0 Å². The molecule has 1 atom stereocenters. The van der Waals surface area contributed by atoms with Gasteiger partial charge in [0.25, 0.3) is 0 Å².